The predicted octanol–water partition coefficient (Wildman–Crippen LogP) is 3.98. The summed E-state index contributed by atoms with van der Waals surface area (Å²) in [6.45, 7) is 3.96. The Morgan fingerprint density at radius 2 is 1.89 bits per heavy atom. The van der Waals surface area contributed by atoms with Crippen LogP contribution >= 0.6 is 0 Å². The molecule has 0 unspecified atom stereocenters. The Balaban J connectivity index is 2.15. The molecule has 2 aromatic rings. The normalized spacial score (nSPS) is 11.5. The zero-order valence-electron chi connectivity index (χ0n) is 15.3. The zero-order chi connectivity index (χ0) is 19.8. The van der Waals surface area contributed by atoms with Gasteiger partial charge in [-0.05, 0) is 24.6 Å². The first-order valence-electron chi connectivity index (χ1n) is 8.68. The number of ether oxygens (including phenoxy) is 1. The van der Waals surface area contributed by atoms with Gasteiger partial charge in [-0.2, -0.15) is 0 Å². The highest BCUT2D eigenvalue weighted by Gasteiger charge is 2.23. The van der Waals surface area contributed by atoms with Crippen LogP contribution in [-0.4, -0.2) is 23.3 Å². The molecule has 0 aliphatic carbocycles. The fraction of sp³-hybridized carbons (Fsp3) is 0.300. The van der Waals surface area contributed by atoms with E-state index >= 15 is 0 Å². The summed E-state index contributed by atoms with van der Waals surface area (Å²) >= 11 is 0. The molecule has 2 aromatic carbocycles. The summed E-state index contributed by atoms with van der Waals surface area (Å²) in [4.78, 5) is 34.9. The molecule has 0 spiro atoms. The van der Waals surface area contributed by atoms with Crippen LogP contribution in [0.25, 0.3) is 0 Å². The monoisotopic (exact) mass is 370 g/mol. The van der Waals surface area contributed by atoms with E-state index in [4.69, 9.17) is 4.74 Å². The number of rotatable bonds is 9. The molecule has 27 heavy (non-hydrogen) atoms. The third-order valence-corrected chi connectivity index (χ3v) is 4.03. The van der Waals surface area contributed by atoms with E-state index in [2.05, 4.69) is 5.32 Å². The maximum atomic E-state index is 12.5. The molecule has 0 aliphatic rings. The second-order valence-corrected chi connectivity index (χ2v) is 6.10. The number of carbonyl (C=O) groups excluding carboxylic acids is 2. The van der Waals surface area contributed by atoms with Crippen LogP contribution in [0.3, 0.4) is 0 Å². The summed E-state index contributed by atoms with van der Waals surface area (Å²) in [5.74, 6) is -1.42. The Labute approximate surface area is 157 Å². The molecule has 1 atom stereocenters. The van der Waals surface area contributed by atoms with E-state index in [1.807, 2.05) is 30.3 Å². The SMILES string of the molecule is CCOC(=O)C[C@@H](C)C(=O)c1ccc(NCc2ccccc2)c([N+](=O)[O-])c1. The Morgan fingerprint density at radius 3 is 2.52 bits per heavy atom. The highest BCUT2D eigenvalue weighted by Crippen LogP contribution is 2.27. The fourth-order valence-corrected chi connectivity index (χ4v) is 2.63. The molecule has 0 heterocycles. The van der Waals surface area contributed by atoms with Gasteiger partial charge in [-0.1, -0.05) is 37.3 Å². The van der Waals surface area contributed by atoms with Crippen LogP contribution in [0.15, 0.2) is 48.5 Å². The van der Waals surface area contributed by atoms with Gasteiger partial charge in [0.2, 0.25) is 0 Å². The van der Waals surface area contributed by atoms with Gasteiger partial charge in [0.25, 0.3) is 5.69 Å². The minimum Gasteiger partial charge on any atom is -0.466 e. The molecule has 0 saturated heterocycles. The van der Waals surface area contributed by atoms with Crippen molar-refractivity contribution in [1.29, 1.82) is 0 Å². The quantitative estimate of drug-likeness (QED) is 0.310. The van der Waals surface area contributed by atoms with Crippen LogP contribution in [0.1, 0.15) is 36.2 Å². The third-order valence-electron chi connectivity index (χ3n) is 4.03. The molecule has 0 amide bonds. The van der Waals surface area contributed by atoms with Gasteiger partial charge in [-0.25, -0.2) is 0 Å². The second kappa shape index (κ2) is 9.47. The summed E-state index contributed by atoms with van der Waals surface area (Å²) in [6.07, 6.45) is -0.0610. The number of nitro groups is 1. The van der Waals surface area contributed by atoms with Crippen LogP contribution in [0, 0.1) is 16.0 Å². The van der Waals surface area contributed by atoms with E-state index in [-0.39, 0.29) is 30.1 Å². The first kappa shape index (κ1) is 20.1. The number of hydrogen-bond donors (Lipinski definition) is 1. The summed E-state index contributed by atoms with van der Waals surface area (Å²) in [6, 6.07) is 13.8. The molecule has 142 valence electrons. The topological polar surface area (TPSA) is 98.5 Å². The molecule has 0 radical (unpaired) electrons. The second-order valence-electron chi connectivity index (χ2n) is 6.10. The maximum absolute atomic E-state index is 12.5. The molecule has 0 aromatic heterocycles. The number of anilines is 1. The van der Waals surface area contributed by atoms with Crippen LogP contribution in [-0.2, 0) is 16.1 Å². The summed E-state index contributed by atoms with van der Waals surface area (Å²) in [5.41, 5.74) is 1.33. The first-order valence-corrected chi connectivity index (χ1v) is 8.68. The number of hydrogen-bond acceptors (Lipinski definition) is 6. The average molecular weight is 370 g/mol. The van der Waals surface area contributed by atoms with Gasteiger partial charge in [0.1, 0.15) is 5.69 Å². The number of Topliss-reactive ketones (excluding diaryl/α,β-unsaturated/α-hetero) is 1. The number of nitro benzene ring substituents is 1. The van der Waals surface area contributed by atoms with E-state index in [0.29, 0.717) is 12.2 Å². The molecule has 0 bridgehead atoms. The molecule has 1 N–H and O–H groups in total. The molecule has 7 heteroatoms. The number of nitrogens with one attached hydrogen (secondary N) is 1. The summed E-state index contributed by atoms with van der Waals surface area (Å²) in [7, 11) is 0. The predicted molar refractivity (Wildman–Crippen MR) is 102 cm³/mol. The standard InChI is InChI=1S/C20H22N2O5/c1-3-27-19(23)11-14(2)20(24)16-9-10-17(18(12-16)22(25)26)21-13-15-7-5-4-6-8-15/h4-10,12,14,21H,3,11,13H2,1-2H3/t14-/m1/s1. The van der Waals surface area contributed by atoms with Crippen molar-refractivity contribution in [2.75, 3.05) is 11.9 Å². The Bertz CT molecular complexity index is 820. The van der Waals surface area contributed by atoms with E-state index < -0.39 is 16.8 Å². The van der Waals surface area contributed by atoms with E-state index in [0.717, 1.165) is 5.56 Å². The first-order chi connectivity index (χ1) is 12.9. The van der Waals surface area contributed by atoms with Gasteiger partial charge in [-0.15, -0.1) is 0 Å². The van der Waals surface area contributed by atoms with Crippen molar-refractivity contribution in [3.63, 3.8) is 0 Å². The van der Waals surface area contributed by atoms with E-state index in [1.165, 1.54) is 18.2 Å². The summed E-state index contributed by atoms with van der Waals surface area (Å²) < 4.78 is 4.84. The molecule has 0 aliphatic heterocycles. The highest BCUT2D eigenvalue weighted by molar-refractivity contribution is 6.00. The molecule has 0 fully saturated rings. The zero-order valence-corrected chi connectivity index (χ0v) is 15.3. The van der Waals surface area contributed by atoms with Gasteiger partial charge in [0.05, 0.1) is 18.0 Å². The number of ketones is 1. The van der Waals surface area contributed by atoms with Gasteiger partial charge in [-0.3, -0.25) is 19.7 Å². The van der Waals surface area contributed by atoms with Crippen molar-refractivity contribution in [2.24, 2.45) is 5.92 Å². The van der Waals surface area contributed by atoms with Crippen LogP contribution in [0.5, 0.6) is 0 Å². The Kier molecular flexibility index (Phi) is 7.05. The van der Waals surface area contributed by atoms with Crippen molar-refractivity contribution in [3.8, 4) is 0 Å². The van der Waals surface area contributed by atoms with Crippen LogP contribution in [0.2, 0.25) is 0 Å². The Morgan fingerprint density at radius 1 is 1.19 bits per heavy atom. The minimum absolute atomic E-state index is 0.0610. The van der Waals surface area contributed by atoms with E-state index in [1.54, 1.807) is 13.8 Å². The molecule has 7 nitrogen and oxygen atoms in total. The maximum Gasteiger partial charge on any atom is 0.306 e. The fourth-order valence-electron chi connectivity index (χ4n) is 2.63. The highest BCUT2D eigenvalue weighted by atomic mass is 16.6. The summed E-state index contributed by atoms with van der Waals surface area (Å²) in [5, 5.41) is 14.4. The van der Waals surface area contributed by atoms with Crippen molar-refractivity contribution >= 4 is 23.1 Å². The van der Waals surface area contributed by atoms with Gasteiger partial charge < -0.3 is 10.1 Å². The molecular weight excluding hydrogens is 348 g/mol. The molecular formula is C20H22N2O5. The lowest BCUT2D eigenvalue weighted by molar-refractivity contribution is -0.384. The van der Waals surface area contributed by atoms with Crippen molar-refractivity contribution in [1.82, 2.24) is 0 Å². The number of carbonyl (C=O) groups is 2. The lowest BCUT2D eigenvalue weighted by Gasteiger charge is -2.12. The Hall–Kier alpha value is -3.22. The van der Waals surface area contributed by atoms with Crippen molar-refractivity contribution in [3.05, 3.63) is 69.8 Å². The van der Waals surface area contributed by atoms with Crippen molar-refractivity contribution in [2.45, 2.75) is 26.8 Å². The van der Waals surface area contributed by atoms with E-state index in [9.17, 15) is 19.7 Å². The van der Waals surface area contributed by atoms with Crippen molar-refractivity contribution < 1.29 is 19.2 Å². The average Bonchev–Trinajstić information content (AvgIpc) is 2.66. The van der Waals surface area contributed by atoms with Gasteiger partial charge in [0.15, 0.2) is 5.78 Å². The van der Waals surface area contributed by atoms with Gasteiger partial charge in [0, 0.05) is 24.1 Å². The van der Waals surface area contributed by atoms with Gasteiger partial charge >= 0.3 is 5.97 Å². The molecule has 2 rings (SSSR count). The van der Waals surface area contributed by atoms with Crippen LogP contribution in [0.4, 0.5) is 11.4 Å². The number of nitrogens with zero attached hydrogens (tertiary/aromatic N) is 1. The third kappa shape index (κ3) is 5.64. The number of esters is 1. The lowest BCUT2D eigenvalue weighted by atomic mass is 9.96. The smallest absolute Gasteiger partial charge is 0.306 e. The lowest BCUT2D eigenvalue weighted by Crippen LogP contribution is -2.17. The largest absolute Gasteiger partial charge is 0.466 e. The number of benzene rings is 2. The molecule has 0 saturated carbocycles. The van der Waals surface area contributed by atoms with Crippen LogP contribution < -0.4 is 5.32 Å². The minimum atomic E-state index is -0.619.